The minimum Gasteiger partial charge on any atom is -0.236 e. The molecule has 154 valence electrons. The number of nitrogens with zero attached hydrogens (tertiary/aromatic N) is 2. The maximum absolute atomic E-state index is 4.59. The third kappa shape index (κ3) is 8.99. The maximum Gasteiger partial charge on any atom is 0.159 e. The van der Waals surface area contributed by atoms with Crippen LogP contribution in [0.2, 0.25) is 0 Å². The Morgan fingerprint density at radius 2 is 1.00 bits per heavy atom. The highest BCUT2D eigenvalue weighted by atomic mass is 14.9. The van der Waals surface area contributed by atoms with Gasteiger partial charge in [-0.1, -0.05) is 102 Å². The smallest absolute Gasteiger partial charge is 0.159 e. The molecule has 2 aromatic rings. The zero-order chi connectivity index (χ0) is 19.9. The van der Waals surface area contributed by atoms with Crippen molar-refractivity contribution >= 4 is 0 Å². The number of aryl methyl sites for hydroxylation is 2. The summed E-state index contributed by atoms with van der Waals surface area (Å²) in [4.78, 5) is 9.19. The molecule has 28 heavy (non-hydrogen) atoms. The van der Waals surface area contributed by atoms with Crippen molar-refractivity contribution in [2.24, 2.45) is 0 Å². The van der Waals surface area contributed by atoms with Crippen LogP contribution in [0.4, 0.5) is 0 Å². The van der Waals surface area contributed by atoms with Gasteiger partial charge in [-0.2, -0.15) is 0 Å². The molecular weight excluding hydrogens is 340 g/mol. The highest BCUT2D eigenvalue weighted by Gasteiger charge is 2.03. The first-order chi connectivity index (χ1) is 13.8. The summed E-state index contributed by atoms with van der Waals surface area (Å²) in [6, 6.07) is 8.85. The summed E-state index contributed by atoms with van der Waals surface area (Å²) in [5.41, 5.74) is 3.81. The molecule has 0 saturated carbocycles. The number of benzene rings is 1. The fourth-order valence-electron chi connectivity index (χ4n) is 3.67. The third-order valence-corrected chi connectivity index (χ3v) is 5.56. The van der Waals surface area contributed by atoms with Crippen molar-refractivity contribution < 1.29 is 0 Å². The molecule has 0 aliphatic heterocycles. The second kappa shape index (κ2) is 14.3. The van der Waals surface area contributed by atoms with E-state index in [2.05, 4.69) is 48.1 Å². The maximum atomic E-state index is 4.59. The van der Waals surface area contributed by atoms with Gasteiger partial charge in [0, 0.05) is 18.0 Å². The van der Waals surface area contributed by atoms with Crippen molar-refractivity contribution in [1.29, 1.82) is 0 Å². The molecule has 0 aliphatic rings. The highest BCUT2D eigenvalue weighted by Crippen LogP contribution is 2.18. The Bertz CT molecular complexity index is 616. The van der Waals surface area contributed by atoms with Gasteiger partial charge in [0.15, 0.2) is 5.82 Å². The molecule has 2 nitrogen and oxygen atoms in total. The van der Waals surface area contributed by atoms with E-state index in [1.807, 2.05) is 12.4 Å². The van der Waals surface area contributed by atoms with Gasteiger partial charge in [-0.25, -0.2) is 9.97 Å². The van der Waals surface area contributed by atoms with Crippen molar-refractivity contribution in [2.75, 3.05) is 0 Å². The van der Waals surface area contributed by atoms with Crippen molar-refractivity contribution in [3.8, 4) is 11.4 Å². The van der Waals surface area contributed by atoms with Crippen molar-refractivity contribution in [3.05, 3.63) is 47.8 Å². The molecule has 1 aromatic carbocycles. The van der Waals surface area contributed by atoms with Crippen molar-refractivity contribution in [2.45, 2.75) is 104 Å². The van der Waals surface area contributed by atoms with Crippen LogP contribution in [-0.4, -0.2) is 9.97 Å². The molecule has 0 unspecified atom stereocenters. The summed E-state index contributed by atoms with van der Waals surface area (Å²) in [7, 11) is 0. The lowest BCUT2D eigenvalue weighted by Crippen LogP contribution is -1.94. The second-order valence-electron chi connectivity index (χ2n) is 8.15. The Morgan fingerprint density at radius 3 is 1.54 bits per heavy atom. The van der Waals surface area contributed by atoms with Crippen LogP contribution < -0.4 is 0 Å². The Labute approximate surface area is 173 Å². The van der Waals surface area contributed by atoms with E-state index in [-0.39, 0.29) is 0 Å². The lowest BCUT2D eigenvalue weighted by molar-refractivity contribution is 0.589. The van der Waals surface area contributed by atoms with Crippen LogP contribution in [-0.2, 0) is 12.8 Å². The molecule has 1 heterocycles. The Kier molecular flexibility index (Phi) is 11.6. The van der Waals surface area contributed by atoms with E-state index < -0.39 is 0 Å². The summed E-state index contributed by atoms with van der Waals surface area (Å²) in [5.74, 6) is 0.845. The summed E-state index contributed by atoms with van der Waals surface area (Å²) in [5, 5.41) is 0. The minimum atomic E-state index is 0.845. The van der Waals surface area contributed by atoms with Gasteiger partial charge < -0.3 is 0 Å². The molecule has 2 rings (SSSR count). The average molecular weight is 381 g/mol. The SMILES string of the molecule is CCCCCCCCCc1ccc(-c2ncc(CCCCCCC)cn2)cc1. The molecule has 2 heteroatoms. The fourth-order valence-corrected chi connectivity index (χ4v) is 3.67. The number of aromatic nitrogens is 2. The van der Waals surface area contributed by atoms with Gasteiger partial charge in [-0.3, -0.25) is 0 Å². The number of unbranched alkanes of at least 4 members (excludes halogenated alkanes) is 10. The van der Waals surface area contributed by atoms with Gasteiger partial charge in [0.1, 0.15) is 0 Å². The standard InChI is InChI=1S/C26H40N2/c1-3-5-7-9-10-12-13-15-23-17-19-25(20-18-23)26-27-21-24(22-28-26)16-14-11-8-6-4-2/h17-22H,3-16H2,1-2H3. The topological polar surface area (TPSA) is 25.8 Å². The quantitative estimate of drug-likeness (QED) is 0.293. The normalized spacial score (nSPS) is 11.1. The lowest BCUT2D eigenvalue weighted by atomic mass is 10.0. The van der Waals surface area contributed by atoms with Crippen LogP contribution in [0.3, 0.4) is 0 Å². The zero-order valence-corrected chi connectivity index (χ0v) is 18.3. The van der Waals surface area contributed by atoms with E-state index in [4.69, 9.17) is 0 Å². The Morgan fingerprint density at radius 1 is 0.536 bits per heavy atom. The summed E-state index contributed by atoms with van der Waals surface area (Å²) in [6.45, 7) is 4.54. The minimum absolute atomic E-state index is 0.845. The van der Waals surface area contributed by atoms with Crippen LogP contribution in [0.25, 0.3) is 11.4 Å². The molecule has 0 fully saturated rings. The van der Waals surface area contributed by atoms with E-state index in [1.165, 1.54) is 94.6 Å². The van der Waals surface area contributed by atoms with Crippen molar-refractivity contribution in [1.82, 2.24) is 9.97 Å². The van der Waals surface area contributed by atoms with Gasteiger partial charge in [0.25, 0.3) is 0 Å². The lowest BCUT2D eigenvalue weighted by Gasteiger charge is -2.05. The number of hydrogen-bond donors (Lipinski definition) is 0. The van der Waals surface area contributed by atoms with Gasteiger partial charge in [-0.15, -0.1) is 0 Å². The molecule has 0 N–H and O–H groups in total. The first kappa shape index (κ1) is 22.6. The summed E-state index contributed by atoms with van der Waals surface area (Å²) < 4.78 is 0. The molecular formula is C26H40N2. The van der Waals surface area contributed by atoms with E-state index >= 15 is 0 Å². The average Bonchev–Trinajstić information content (AvgIpc) is 2.74. The number of hydrogen-bond acceptors (Lipinski definition) is 2. The van der Waals surface area contributed by atoms with Crippen LogP contribution in [0, 0.1) is 0 Å². The number of rotatable bonds is 15. The molecule has 0 spiro atoms. The first-order valence-corrected chi connectivity index (χ1v) is 11.7. The molecule has 1 aromatic heterocycles. The molecule has 0 bridgehead atoms. The largest absolute Gasteiger partial charge is 0.236 e. The van der Waals surface area contributed by atoms with E-state index in [0.717, 1.165) is 17.8 Å². The second-order valence-corrected chi connectivity index (χ2v) is 8.15. The van der Waals surface area contributed by atoms with Gasteiger partial charge >= 0.3 is 0 Å². The molecule has 0 radical (unpaired) electrons. The Balaban J connectivity index is 1.70. The van der Waals surface area contributed by atoms with Crippen LogP contribution in [0.15, 0.2) is 36.7 Å². The van der Waals surface area contributed by atoms with Gasteiger partial charge in [0.2, 0.25) is 0 Å². The zero-order valence-electron chi connectivity index (χ0n) is 18.3. The molecule has 0 aliphatic carbocycles. The van der Waals surface area contributed by atoms with E-state index in [0.29, 0.717) is 0 Å². The van der Waals surface area contributed by atoms with Gasteiger partial charge in [-0.05, 0) is 36.8 Å². The van der Waals surface area contributed by atoms with Crippen LogP contribution in [0.1, 0.15) is 102 Å². The first-order valence-electron chi connectivity index (χ1n) is 11.7. The molecule has 0 saturated heterocycles. The Hall–Kier alpha value is -1.70. The van der Waals surface area contributed by atoms with Gasteiger partial charge in [0.05, 0.1) is 0 Å². The van der Waals surface area contributed by atoms with Crippen LogP contribution >= 0.6 is 0 Å². The summed E-state index contributed by atoms with van der Waals surface area (Å²) in [6.07, 6.45) is 22.4. The molecule has 0 atom stereocenters. The predicted molar refractivity (Wildman–Crippen MR) is 122 cm³/mol. The van der Waals surface area contributed by atoms with E-state index in [1.54, 1.807) is 0 Å². The predicted octanol–water partition coefficient (Wildman–Crippen LogP) is 7.95. The summed E-state index contributed by atoms with van der Waals surface area (Å²) >= 11 is 0. The highest BCUT2D eigenvalue weighted by molar-refractivity contribution is 5.55. The van der Waals surface area contributed by atoms with E-state index in [9.17, 15) is 0 Å². The molecule has 0 amide bonds. The third-order valence-electron chi connectivity index (χ3n) is 5.56. The monoisotopic (exact) mass is 380 g/mol. The van der Waals surface area contributed by atoms with Crippen molar-refractivity contribution in [3.63, 3.8) is 0 Å². The fraction of sp³-hybridized carbons (Fsp3) is 0.615. The van der Waals surface area contributed by atoms with Crippen LogP contribution in [0.5, 0.6) is 0 Å².